The molecule has 176 valence electrons. The maximum Gasteiger partial charge on any atom is 0.254 e. The summed E-state index contributed by atoms with van der Waals surface area (Å²) in [4.78, 5) is 26.5. The standard InChI is InChI=1S/C27H29N3O4/c1-19-5-3-4-6-23(19)24(17-25(28-33)22-11-12-26(31)29(2)18-22)20-7-9-21(10-8-20)27(32)30-13-15-34-16-14-30/h3-12,18,24,33H,13-17H2,1-2H3/b28-25+. The Hall–Kier alpha value is -3.71. The van der Waals surface area contributed by atoms with Gasteiger partial charge in [-0.2, -0.15) is 0 Å². The first-order chi connectivity index (χ1) is 16.5. The summed E-state index contributed by atoms with van der Waals surface area (Å²) >= 11 is 0. The number of aromatic nitrogens is 1. The van der Waals surface area contributed by atoms with E-state index in [9.17, 15) is 14.8 Å². The van der Waals surface area contributed by atoms with E-state index in [1.807, 2.05) is 41.3 Å². The smallest absolute Gasteiger partial charge is 0.254 e. The summed E-state index contributed by atoms with van der Waals surface area (Å²) in [6.07, 6.45) is 2.10. The first-order valence-corrected chi connectivity index (χ1v) is 11.4. The second-order valence-electron chi connectivity index (χ2n) is 8.55. The van der Waals surface area contributed by atoms with Gasteiger partial charge in [0, 0.05) is 55.9 Å². The molecule has 1 unspecified atom stereocenters. The molecule has 1 aliphatic heterocycles. The largest absolute Gasteiger partial charge is 0.411 e. The topological polar surface area (TPSA) is 84.1 Å². The van der Waals surface area contributed by atoms with Gasteiger partial charge in [0.05, 0.1) is 18.9 Å². The Morgan fingerprint density at radius 3 is 2.35 bits per heavy atom. The van der Waals surface area contributed by atoms with Gasteiger partial charge >= 0.3 is 0 Å². The third-order valence-electron chi connectivity index (χ3n) is 6.36. The first kappa shape index (κ1) is 23.4. The molecule has 7 heteroatoms. The molecule has 0 spiro atoms. The van der Waals surface area contributed by atoms with E-state index in [-0.39, 0.29) is 17.4 Å². The van der Waals surface area contributed by atoms with Gasteiger partial charge in [-0.15, -0.1) is 0 Å². The quantitative estimate of drug-likeness (QED) is 0.347. The average Bonchev–Trinajstić information content (AvgIpc) is 2.87. The SMILES string of the molecule is Cc1ccccc1C(C/C(=N\O)c1ccc(=O)n(C)c1)c1ccc(C(=O)N2CCOCC2)cc1. The van der Waals surface area contributed by atoms with Crippen LogP contribution in [0.4, 0.5) is 0 Å². The lowest BCUT2D eigenvalue weighted by atomic mass is 9.83. The van der Waals surface area contributed by atoms with Crippen molar-refractivity contribution >= 4 is 11.6 Å². The van der Waals surface area contributed by atoms with Gasteiger partial charge in [-0.05, 0) is 41.8 Å². The lowest BCUT2D eigenvalue weighted by Gasteiger charge is -2.27. The molecule has 1 saturated heterocycles. The van der Waals surface area contributed by atoms with Crippen LogP contribution in [0.2, 0.25) is 0 Å². The number of carbonyl (C=O) groups excluding carboxylic acids is 1. The molecule has 1 fully saturated rings. The molecule has 1 atom stereocenters. The predicted molar refractivity (Wildman–Crippen MR) is 131 cm³/mol. The number of hydrogen-bond acceptors (Lipinski definition) is 5. The molecule has 0 aliphatic carbocycles. The molecule has 1 N–H and O–H groups in total. The van der Waals surface area contributed by atoms with Crippen LogP contribution < -0.4 is 5.56 Å². The van der Waals surface area contributed by atoms with Crippen LogP contribution in [0.5, 0.6) is 0 Å². The van der Waals surface area contributed by atoms with Crippen molar-refractivity contribution in [2.75, 3.05) is 26.3 Å². The maximum atomic E-state index is 12.9. The van der Waals surface area contributed by atoms with Crippen LogP contribution in [0.3, 0.4) is 0 Å². The monoisotopic (exact) mass is 459 g/mol. The van der Waals surface area contributed by atoms with Gasteiger partial charge in [0.1, 0.15) is 0 Å². The van der Waals surface area contributed by atoms with E-state index in [1.165, 1.54) is 10.6 Å². The molecule has 1 aliphatic rings. The molecule has 0 saturated carbocycles. The Kier molecular flexibility index (Phi) is 7.23. The van der Waals surface area contributed by atoms with E-state index >= 15 is 0 Å². The van der Waals surface area contributed by atoms with E-state index in [0.29, 0.717) is 49.6 Å². The summed E-state index contributed by atoms with van der Waals surface area (Å²) in [5.41, 5.74) is 4.93. The van der Waals surface area contributed by atoms with Crippen molar-refractivity contribution in [1.82, 2.24) is 9.47 Å². The molecule has 0 bridgehead atoms. The van der Waals surface area contributed by atoms with E-state index in [4.69, 9.17) is 4.74 Å². The van der Waals surface area contributed by atoms with Gasteiger partial charge < -0.3 is 19.4 Å². The minimum Gasteiger partial charge on any atom is -0.411 e. The highest BCUT2D eigenvalue weighted by atomic mass is 16.5. The van der Waals surface area contributed by atoms with Crippen LogP contribution in [0.15, 0.2) is 76.8 Å². The lowest BCUT2D eigenvalue weighted by molar-refractivity contribution is 0.0303. The van der Waals surface area contributed by atoms with E-state index < -0.39 is 0 Å². The lowest BCUT2D eigenvalue weighted by Crippen LogP contribution is -2.40. The number of nitrogens with zero attached hydrogens (tertiary/aromatic N) is 3. The Morgan fingerprint density at radius 1 is 1.03 bits per heavy atom. The van der Waals surface area contributed by atoms with Crippen molar-refractivity contribution in [3.05, 3.63) is 105 Å². The van der Waals surface area contributed by atoms with E-state index in [1.54, 1.807) is 19.3 Å². The Morgan fingerprint density at radius 2 is 1.71 bits per heavy atom. The zero-order valence-corrected chi connectivity index (χ0v) is 19.5. The van der Waals surface area contributed by atoms with Crippen molar-refractivity contribution in [3.63, 3.8) is 0 Å². The van der Waals surface area contributed by atoms with Crippen molar-refractivity contribution in [2.45, 2.75) is 19.3 Å². The minimum absolute atomic E-state index is 0.00473. The van der Waals surface area contributed by atoms with Gasteiger partial charge in [-0.1, -0.05) is 41.6 Å². The van der Waals surface area contributed by atoms with Crippen molar-refractivity contribution in [3.8, 4) is 0 Å². The highest BCUT2D eigenvalue weighted by molar-refractivity contribution is 6.00. The number of ether oxygens (including phenoxy) is 1. The van der Waals surface area contributed by atoms with Crippen LogP contribution in [-0.2, 0) is 11.8 Å². The highest BCUT2D eigenvalue weighted by Crippen LogP contribution is 2.32. The third kappa shape index (κ3) is 5.10. The summed E-state index contributed by atoms with van der Waals surface area (Å²) in [5, 5.41) is 13.4. The number of oxime groups is 1. The van der Waals surface area contributed by atoms with Crippen LogP contribution >= 0.6 is 0 Å². The Bertz CT molecular complexity index is 1240. The van der Waals surface area contributed by atoms with Crippen molar-refractivity contribution in [2.24, 2.45) is 12.2 Å². The van der Waals surface area contributed by atoms with Gasteiger partial charge in [0.25, 0.3) is 5.91 Å². The molecular weight excluding hydrogens is 430 g/mol. The normalized spacial score (nSPS) is 15.2. The molecular formula is C27H29N3O4. The molecule has 1 aromatic heterocycles. The third-order valence-corrected chi connectivity index (χ3v) is 6.36. The number of morpholine rings is 1. The Labute approximate surface area is 198 Å². The molecule has 7 nitrogen and oxygen atoms in total. The number of hydrogen-bond donors (Lipinski definition) is 1. The average molecular weight is 460 g/mol. The Balaban J connectivity index is 1.66. The van der Waals surface area contributed by atoms with Crippen molar-refractivity contribution in [1.29, 1.82) is 0 Å². The summed E-state index contributed by atoms with van der Waals surface area (Å²) in [5.74, 6) is -0.0954. The second kappa shape index (κ2) is 10.5. The molecule has 4 rings (SSSR count). The molecule has 2 aromatic carbocycles. The zero-order valence-electron chi connectivity index (χ0n) is 19.5. The molecule has 1 amide bonds. The maximum absolute atomic E-state index is 12.9. The van der Waals surface area contributed by atoms with Gasteiger partial charge in [-0.25, -0.2) is 0 Å². The fraction of sp³-hybridized carbons (Fsp3) is 0.296. The summed E-state index contributed by atoms with van der Waals surface area (Å²) in [6.45, 7) is 4.38. The van der Waals surface area contributed by atoms with Gasteiger partial charge in [0.2, 0.25) is 5.56 Å². The first-order valence-electron chi connectivity index (χ1n) is 11.4. The van der Waals surface area contributed by atoms with Crippen LogP contribution in [-0.4, -0.2) is 52.6 Å². The number of carbonyl (C=O) groups is 1. The van der Waals surface area contributed by atoms with E-state index in [0.717, 1.165) is 16.7 Å². The van der Waals surface area contributed by atoms with Gasteiger partial charge in [0.15, 0.2) is 0 Å². The number of benzene rings is 2. The van der Waals surface area contributed by atoms with E-state index in [2.05, 4.69) is 24.2 Å². The zero-order chi connectivity index (χ0) is 24.1. The van der Waals surface area contributed by atoms with Gasteiger partial charge in [-0.3, -0.25) is 9.59 Å². The number of rotatable bonds is 6. The minimum atomic E-state index is -0.128. The van der Waals surface area contributed by atoms with Crippen LogP contribution in [0, 0.1) is 6.92 Å². The summed E-state index contributed by atoms with van der Waals surface area (Å²) in [7, 11) is 1.67. The molecule has 34 heavy (non-hydrogen) atoms. The second-order valence-corrected chi connectivity index (χ2v) is 8.55. The fourth-order valence-electron chi connectivity index (χ4n) is 4.37. The summed E-state index contributed by atoms with van der Waals surface area (Å²) < 4.78 is 6.82. The number of amides is 1. The predicted octanol–water partition coefficient (Wildman–Crippen LogP) is 3.57. The fourth-order valence-corrected chi connectivity index (χ4v) is 4.37. The molecule has 0 radical (unpaired) electrons. The van der Waals surface area contributed by atoms with Crippen molar-refractivity contribution < 1.29 is 14.7 Å². The number of aryl methyl sites for hydroxylation is 2. The highest BCUT2D eigenvalue weighted by Gasteiger charge is 2.22. The molecule has 3 aromatic rings. The van der Waals surface area contributed by atoms with Crippen LogP contribution in [0.1, 0.15) is 45.0 Å². The molecule has 2 heterocycles. The summed E-state index contributed by atoms with van der Waals surface area (Å²) in [6, 6.07) is 18.9. The van der Waals surface area contributed by atoms with Crippen LogP contribution in [0.25, 0.3) is 0 Å². The number of pyridine rings is 1.